The molecule has 1 saturated heterocycles. The molecule has 0 aromatic carbocycles. The van der Waals surface area contributed by atoms with E-state index in [4.69, 9.17) is 4.74 Å². The van der Waals surface area contributed by atoms with E-state index in [2.05, 4.69) is 26.0 Å². The highest BCUT2D eigenvalue weighted by Crippen LogP contribution is 2.41. The molecule has 1 fully saturated rings. The van der Waals surface area contributed by atoms with E-state index in [1.807, 2.05) is 0 Å². The number of carbonyl (C=O) groups is 4. The Morgan fingerprint density at radius 2 is 1.97 bits per heavy atom. The van der Waals surface area contributed by atoms with E-state index < -0.39 is 35.0 Å². The normalized spacial score (nSPS) is 21.6. The Morgan fingerprint density at radius 1 is 1.24 bits per heavy atom. The average Bonchev–Trinajstić information content (AvgIpc) is 3.37. The summed E-state index contributed by atoms with van der Waals surface area (Å²) in [6.07, 6.45) is 4.64. The summed E-state index contributed by atoms with van der Waals surface area (Å²) >= 11 is 2.77. The summed E-state index contributed by atoms with van der Waals surface area (Å²) in [4.78, 5) is 51.3. The summed E-state index contributed by atoms with van der Waals surface area (Å²) in [5.41, 5.74) is 1.98. The number of hydrogen-bond acceptors (Lipinski definition) is 9. The molecule has 0 spiro atoms. The summed E-state index contributed by atoms with van der Waals surface area (Å²) in [6.45, 7) is 5.70. The first-order chi connectivity index (χ1) is 18.0. The first-order valence-corrected chi connectivity index (χ1v) is 14.4. The van der Waals surface area contributed by atoms with Crippen molar-refractivity contribution in [3.63, 3.8) is 0 Å². The van der Waals surface area contributed by atoms with Gasteiger partial charge >= 0.3 is 12.1 Å². The molecule has 3 aliphatic rings. The van der Waals surface area contributed by atoms with Gasteiger partial charge in [0.2, 0.25) is 5.91 Å². The molecule has 1 aromatic heterocycles. The van der Waals surface area contributed by atoms with Gasteiger partial charge in [0, 0.05) is 24.5 Å². The Labute approximate surface area is 228 Å². The molecule has 4 N–H and O–H groups in total. The van der Waals surface area contributed by atoms with E-state index in [1.165, 1.54) is 28.4 Å². The van der Waals surface area contributed by atoms with Crippen molar-refractivity contribution in [1.29, 1.82) is 0 Å². The number of carboxylic acids is 1. The first kappa shape index (κ1) is 28.0. The van der Waals surface area contributed by atoms with Gasteiger partial charge in [0.25, 0.3) is 5.91 Å². The maximum atomic E-state index is 13.0. The molecule has 1 aliphatic carbocycles. The molecule has 206 valence electrons. The second kappa shape index (κ2) is 11.8. The number of β-lactam (4-membered cyclic amide) rings is 1. The van der Waals surface area contributed by atoms with Gasteiger partial charge in [-0.3, -0.25) is 14.5 Å². The number of aromatic amines is 1. The Balaban J connectivity index is 1.36. The van der Waals surface area contributed by atoms with Crippen molar-refractivity contribution in [1.82, 2.24) is 30.9 Å². The summed E-state index contributed by atoms with van der Waals surface area (Å²) < 4.78 is 5.30. The van der Waals surface area contributed by atoms with E-state index in [1.54, 1.807) is 27.0 Å². The Morgan fingerprint density at radius 3 is 2.63 bits per heavy atom. The van der Waals surface area contributed by atoms with Crippen molar-refractivity contribution in [2.45, 2.75) is 74.9 Å². The SMILES string of the molecule is CC(C)(C)OC(=O)NCC1=C(CC(=O)NC2C(=O)N3C(C(=O)O)=C(CSc4cn[nH]n4)CS[C@H]23)CCCC1. The fourth-order valence-electron chi connectivity index (χ4n) is 4.58. The van der Waals surface area contributed by atoms with Crippen molar-refractivity contribution in [2.75, 3.05) is 18.1 Å². The van der Waals surface area contributed by atoms with Crippen LogP contribution >= 0.6 is 23.5 Å². The van der Waals surface area contributed by atoms with Gasteiger partial charge < -0.3 is 20.5 Å². The molecule has 3 heterocycles. The number of thioether (sulfide) groups is 2. The maximum Gasteiger partial charge on any atom is 0.407 e. The lowest BCUT2D eigenvalue weighted by Gasteiger charge is -2.49. The molecule has 0 radical (unpaired) electrons. The van der Waals surface area contributed by atoms with E-state index in [9.17, 15) is 24.3 Å². The van der Waals surface area contributed by atoms with Crippen molar-refractivity contribution >= 4 is 47.4 Å². The van der Waals surface area contributed by atoms with Gasteiger partial charge in [-0.2, -0.15) is 10.3 Å². The van der Waals surface area contributed by atoms with Gasteiger partial charge in [0.1, 0.15) is 27.7 Å². The van der Waals surface area contributed by atoms with Gasteiger partial charge in [-0.05, 0) is 52.0 Å². The molecule has 1 unspecified atom stereocenters. The second-order valence-electron chi connectivity index (χ2n) is 10.3. The van der Waals surface area contributed by atoms with Crippen LogP contribution in [0, 0.1) is 0 Å². The first-order valence-electron chi connectivity index (χ1n) is 12.4. The topological polar surface area (TPSA) is 167 Å². The standard InChI is InChI=1S/C24H32N6O6S2/c1-24(2,3)36-23(35)25-9-14-7-5-4-6-13(14)8-16(31)27-18-20(32)30-19(22(33)34)15(12-38-21(18)30)11-37-17-10-26-29-28-17/h10,18,21H,4-9,11-12H2,1-3H3,(H,25,35)(H,27,31)(H,33,34)(H,26,28,29)/t18?,21-/m1/s1. The van der Waals surface area contributed by atoms with Crippen molar-refractivity contribution < 1.29 is 29.0 Å². The van der Waals surface area contributed by atoms with E-state index in [-0.39, 0.29) is 18.0 Å². The summed E-state index contributed by atoms with van der Waals surface area (Å²) in [5, 5.41) is 25.8. The van der Waals surface area contributed by atoms with Crippen LogP contribution in [0.5, 0.6) is 0 Å². The van der Waals surface area contributed by atoms with Crippen LogP contribution in [0.2, 0.25) is 0 Å². The van der Waals surface area contributed by atoms with Crippen LogP contribution in [0.1, 0.15) is 52.9 Å². The summed E-state index contributed by atoms with van der Waals surface area (Å²) in [7, 11) is 0. The van der Waals surface area contributed by atoms with E-state index in [0.29, 0.717) is 28.6 Å². The molecule has 2 aliphatic heterocycles. The van der Waals surface area contributed by atoms with Crippen LogP contribution in [0.15, 0.2) is 33.6 Å². The smallest absolute Gasteiger partial charge is 0.407 e. The van der Waals surface area contributed by atoms with Crippen LogP contribution in [0.25, 0.3) is 0 Å². The highest BCUT2D eigenvalue weighted by molar-refractivity contribution is 8.01. The summed E-state index contributed by atoms with van der Waals surface area (Å²) in [6, 6.07) is -0.779. The Bertz CT molecular complexity index is 1160. The third-order valence-electron chi connectivity index (χ3n) is 6.28. The molecular formula is C24H32N6O6S2. The van der Waals surface area contributed by atoms with Crippen molar-refractivity contribution in [3.05, 3.63) is 28.6 Å². The van der Waals surface area contributed by atoms with Crippen LogP contribution in [0.4, 0.5) is 4.79 Å². The molecule has 4 rings (SSSR count). The molecule has 12 nitrogen and oxygen atoms in total. The average molecular weight is 565 g/mol. The molecular weight excluding hydrogens is 532 g/mol. The monoisotopic (exact) mass is 564 g/mol. The number of nitrogens with zero attached hydrogens (tertiary/aromatic N) is 3. The highest BCUT2D eigenvalue weighted by Gasteiger charge is 2.54. The minimum absolute atomic E-state index is 0.0225. The number of ether oxygens (including phenoxy) is 1. The molecule has 14 heteroatoms. The zero-order valence-corrected chi connectivity index (χ0v) is 23.2. The number of aliphatic carboxylic acids is 1. The molecule has 3 amide bonds. The van der Waals surface area contributed by atoms with Gasteiger partial charge in [0.05, 0.1) is 6.20 Å². The zero-order valence-electron chi connectivity index (χ0n) is 21.5. The molecule has 38 heavy (non-hydrogen) atoms. The zero-order chi connectivity index (χ0) is 27.4. The van der Waals surface area contributed by atoms with E-state index >= 15 is 0 Å². The fraction of sp³-hybridized carbons (Fsp3) is 0.583. The number of carbonyl (C=O) groups excluding carboxylic acids is 3. The van der Waals surface area contributed by atoms with Crippen LogP contribution in [0.3, 0.4) is 0 Å². The number of aromatic nitrogens is 3. The molecule has 1 aromatic rings. The minimum atomic E-state index is -1.17. The maximum absolute atomic E-state index is 13.0. The highest BCUT2D eigenvalue weighted by atomic mass is 32.2. The number of amides is 3. The largest absolute Gasteiger partial charge is 0.477 e. The predicted octanol–water partition coefficient (Wildman–Crippen LogP) is 2.42. The van der Waals surface area contributed by atoms with Gasteiger partial charge in [0.15, 0.2) is 0 Å². The van der Waals surface area contributed by atoms with Gasteiger partial charge in [-0.15, -0.1) is 16.9 Å². The number of H-pyrrole nitrogens is 1. The van der Waals surface area contributed by atoms with Crippen LogP contribution < -0.4 is 10.6 Å². The number of alkyl carbamates (subject to hydrolysis) is 1. The fourth-order valence-corrected chi connectivity index (χ4v) is 6.85. The third kappa shape index (κ3) is 6.70. The molecule has 0 saturated carbocycles. The molecule has 0 bridgehead atoms. The predicted molar refractivity (Wildman–Crippen MR) is 141 cm³/mol. The quantitative estimate of drug-likeness (QED) is 0.199. The number of fused-ring (bicyclic) bond motifs is 1. The van der Waals surface area contributed by atoms with Gasteiger partial charge in [-0.1, -0.05) is 22.9 Å². The van der Waals surface area contributed by atoms with Crippen LogP contribution in [-0.4, -0.2) is 84.4 Å². The van der Waals surface area contributed by atoms with Crippen molar-refractivity contribution in [2.24, 2.45) is 0 Å². The minimum Gasteiger partial charge on any atom is -0.477 e. The summed E-state index contributed by atoms with van der Waals surface area (Å²) in [5.74, 6) is -1.09. The second-order valence-corrected chi connectivity index (χ2v) is 12.4. The lowest BCUT2D eigenvalue weighted by molar-refractivity contribution is -0.150. The third-order valence-corrected chi connectivity index (χ3v) is 8.60. The van der Waals surface area contributed by atoms with E-state index in [0.717, 1.165) is 36.8 Å². The lowest BCUT2D eigenvalue weighted by Crippen LogP contribution is -2.70. The van der Waals surface area contributed by atoms with Crippen LogP contribution in [-0.2, 0) is 19.1 Å². The number of carboxylic acid groups (broad SMARTS) is 1. The number of nitrogens with one attached hydrogen (secondary N) is 3. The number of rotatable bonds is 9. The Kier molecular flexibility index (Phi) is 8.71. The number of hydrogen-bond donors (Lipinski definition) is 4. The lowest BCUT2D eigenvalue weighted by atomic mass is 9.89. The Hall–Kier alpha value is -3.00. The van der Waals surface area contributed by atoms with Crippen molar-refractivity contribution in [3.8, 4) is 0 Å². The molecule has 2 atom stereocenters. The van der Waals surface area contributed by atoms with Gasteiger partial charge in [-0.25, -0.2) is 9.59 Å².